The highest BCUT2D eigenvalue weighted by Gasteiger charge is 2.25. The van der Waals surface area contributed by atoms with Crippen molar-refractivity contribution < 1.29 is 5.11 Å². The fourth-order valence-corrected chi connectivity index (χ4v) is 2.82. The van der Waals surface area contributed by atoms with Crippen LogP contribution in [0.5, 0.6) is 0 Å². The van der Waals surface area contributed by atoms with Crippen LogP contribution in [-0.4, -0.2) is 24.3 Å². The number of aryl methyl sites for hydroxylation is 1. The van der Waals surface area contributed by atoms with Crippen LogP contribution in [0.4, 0.5) is 5.69 Å². The van der Waals surface area contributed by atoms with Crippen LogP contribution in [0.3, 0.4) is 0 Å². The van der Waals surface area contributed by atoms with Crippen molar-refractivity contribution in [2.24, 2.45) is 11.7 Å². The Bertz CT molecular complexity index is 367. The molecule has 3 nitrogen and oxygen atoms in total. The Morgan fingerprint density at radius 3 is 3.00 bits per heavy atom. The van der Waals surface area contributed by atoms with E-state index in [0.29, 0.717) is 12.0 Å². The number of hydrogen-bond donors (Lipinski definition) is 3. The van der Waals surface area contributed by atoms with Gasteiger partial charge in [-0.05, 0) is 55.8 Å². The molecule has 3 heteroatoms. The first-order valence-electron chi connectivity index (χ1n) is 7.00. The molecule has 1 fully saturated rings. The lowest BCUT2D eigenvalue weighted by Crippen LogP contribution is -2.29. The van der Waals surface area contributed by atoms with E-state index in [4.69, 9.17) is 10.8 Å². The van der Waals surface area contributed by atoms with E-state index in [2.05, 4.69) is 29.6 Å². The summed E-state index contributed by atoms with van der Waals surface area (Å²) >= 11 is 0. The highest BCUT2D eigenvalue weighted by molar-refractivity contribution is 5.47. The van der Waals surface area contributed by atoms with Crippen LogP contribution in [0.25, 0.3) is 0 Å². The number of nitrogens with two attached hydrogens (primary N) is 1. The quantitative estimate of drug-likeness (QED) is 0.723. The maximum atomic E-state index is 8.86. The van der Waals surface area contributed by atoms with Gasteiger partial charge in [0.2, 0.25) is 0 Å². The zero-order chi connectivity index (χ0) is 12.8. The lowest BCUT2D eigenvalue weighted by molar-refractivity contribution is 0.288. The molecule has 2 atom stereocenters. The molecule has 0 aliphatic heterocycles. The van der Waals surface area contributed by atoms with E-state index in [1.165, 1.54) is 30.5 Å². The van der Waals surface area contributed by atoms with Crippen LogP contribution < -0.4 is 11.1 Å². The molecule has 2 unspecified atom stereocenters. The van der Waals surface area contributed by atoms with E-state index >= 15 is 0 Å². The number of aliphatic hydroxyl groups excluding tert-OH is 1. The van der Waals surface area contributed by atoms with Crippen LogP contribution in [0.2, 0.25) is 0 Å². The van der Waals surface area contributed by atoms with E-state index in [-0.39, 0.29) is 6.61 Å². The van der Waals surface area contributed by atoms with Gasteiger partial charge in [-0.15, -0.1) is 0 Å². The molecule has 18 heavy (non-hydrogen) atoms. The standard InChI is InChI=1S/C15H24N2O/c16-11-13-6-2-8-15(13)17-14-7-1-4-12(10-14)5-3-9-18/h1,4,7,10,13,15,17-18H,2-3,5-6,8-9,11,16H2. The molecule has 1 aromatic carbocycles. The van der Waals surface area contributed by atoms with Crippen molar-refractivity contribution in [3.8, 4) is 0 Å². The second-order valence-corrected chi connectivity index (χ2v) is 5.21. The molecule has 1 aromatic rings. The molecule has 0 heterocycles. The average Bonchev–Trinajstić information content (AvgIpc) is 2.84. The van der Waals surface area contributed by atoms with Crippen LogP contribution in [0, 0.1) is 5.92 Å². The lowest BCUT2D eigenvalue weighted by atomic mass is 10.0. The van der Waals surface area contributed by atoms with Crippen LogP contribution >= 0.6 is 0 Å². The summed E-state index contributed by atoms with van der Waals surface area (Å²) in [6, 6.07) is 9.05. The molecule has 0 aromatic heterocycles. The molecule has 0 spiro atoms. The summed E-state index contributed by atoms with van der Waals surface area (Å²) in [5, 5.41) is 12.5. The van der Waals surface area contributed by atoms with E-state index in [0.717, 1.165) is 19.4 Å². The fraction of sp³-hybridized carbons (Fsp3) is 0.600. The SMILES string of the molecule is NCC1CCCC1Nc1cccc(CCCO)c1. The van der Waals surface area contributed by atoms with Gasteiger partial charge in [-0.3, -0.25) is 0 Å². The largest absolute Gasteiger partial charge is 0.396 e. The number of nitrogens with one attached hydrogen (secondary N) is 1. The smallest absolute Gasteiger partial charge is 0.0434 e. The van der Waals surface area contributed by atoms with E-state index in [9.17, 15) is 0 Å². The van der Waals surface area contributed by atoms with Crippen LogP contribution in [0.15, 0.2) is 24.3 Å². The van der Waals surface area contributed by atoms with E-state index in [1.807, 2.05) is 0 Å². The first-order chi connectivity index (χ1) is 8.83. The summed E-state index contributed by atoms with van der Waals surface area (Å²) in [7, 11) is 0. The minimum Gasteiger partial charge on any atom is -0.396 e. The van der Waals surface area contributed by atoms with Gasteiger partial charge in [0.1, 0.15) is 0 Å². The van der Waals surface area contributed by atoms with Crippen molar-refractivity contribution in [2.75, 3.05) is 18.5 Å². The third-order valence-corrected chi connectivity index (χ3v) is 3.86. The number of hydrogen-bond acceptors (Lipinski definition) is 3. The molecule has 100 valence electrons. The molecule has 4 N–H and O–H groups in total. The molecule has 1 aliphatic carbocycles. The third kappa shape index (κ3) is 3.47. The predicted octanol–water partition coefficient (Wildman–Crippen LogP) is 2.15. The van der Waals surface area contributed by atoms with Crippen LogP contribution in [0.1, 0.15) is 31.2 Å². The Balaban J connectivity index is 1.96. The Hall–Kier alpha value is -1.06. The Morgan fingerprint density at radius 2 is 2.22 bits per heavy atom. The summed E-state index contributed by atoms with van der Waals surface area (Å²) in [6.07, 6.45) is 5.53. The maximum absolute atomic E-state index is 8.86. The first kappa shape index (κ1) is 13.4. The van der Waals surface area contributed by atoms with Gasteiger partial charge in [0.25, 0.3) is 0 Å². The van der Waals surface area contributed by atoms with Crippen molar-refractivity contribution in [2.45, 2.75) is 38.1 Å². The Labute approximate surface area is 109 Å². The molecule has 0 saturated heterocycles. The molecular weight excluding hydrogens is 224 g/mol. The minimum atomic E-state index is 0.259. The van der Waals surface area contributed by atoms with Gasteiger partial charge in [-0.1, -0.05) is 18.6 Å². The van der Waals surface area contributed by atoms with Crippen molar-refractivity contribution in [3.63, 3.8) is 0 Å². The number of aliphatic hydroxyl groups is 1. The third-order valence-electron chi connectivity index (χ3n) is 3.86. The highest BCUT2D eigenvalue weighted by atomic mass is 16.2. The topological polar surface area (TPSA) is 58.3 Å². The monoisotopic (exact) mass is 248 g/mol. The summed E-state index contributed by atoms with van der Waals surface area (Å²) in [5.41, 5.74) is 8.28. The lowest BCUT2D eigenvalue weighted by Gasteiger charge is -2.21. The van der Waals surface area contributed by atoms with E-state index in [1.54, 1.807) is 0 Å². The summed E-state index contributed by atoms with van der Waals surface area (Å²) in [5.74, 6) is 0.617. The van der Waals surface area contributed by atoms with Gasteiger partial charge in [-0.25, -0.2) is 0 Å². The van der Waals surface area contributed by atoms with Gasteiger partial charge < -0.3 is 16.2 Å². The number of benzene rings is 1. The predicted molar refractivity (Wildman–Crippen MR) is 75.7 cm³/mol. The fourth-order valence-electron chi connectivity index (χ4n) is 2.82. The normalized spacial score (nSPS) is 23.2. The van der Waals surface area contributed by atoms with Crippen molar-refractivity contribution >= 4 is 5.69 Å². The van der Waals surface area contributed by atoms with Crippen molar-refractivity contribution in [1.82, 2.24) is 0 Å². The number of rotatable bonds is 6. The molecule has 0 bridgehead atoms. The van der Waals surface area contributed by atoms with Gasteiger partial charge in [0, 0.05) is 18.3 Å². The molecule has 0 radical (unpaired) electrons. The highest BCUT2D eigenvalue weighted by Crippen LogP contribution is 2.28. The average molecular weight is 248 g/mol. The summed E-state index contributed by atoms with van der Waals surface area (Å²) < 4.78 is 0. The second kappa shape index (κ2) is 6.76. The Kier molecular flexibility index (Phi) is 5.02. The zero-order valence-corrected chi connectivity index (χ0v) is 10.9. The molecule has 1 saturated carbocycles. The van der Waals surface area contributed by atoms with Gasteiger partial charge in [0.15, 0.2) is 0 Å². The second-order valence-electron chi connectivity index (χ2n) is 5.21. The van der Waals surface area contributed by atoms with Crippen molar-refractivity contribution in [3.05, 3.63) is 29.8 Å². The van der Waals surface area contributed by atoms with Gasteiger partial charge in [-0.2, -0.15) is 0 Å². The van der Waals surface area contributed by atoms with Gasteiger partial charge in [0.05, 0.1) is 0 Å². The molecule has 0 amide bonds. The minimum absolute atomic E-state index is 0.259. The number of anilines is 1. The molecular formula is C15H24N2O. The summed E-state index contributed by atoms with van der Waals surface area (Å²) in [4.78, 5) is 0. The van der Waals surface area contributed by atoms with E-state index < -0.39 is 0 Å². The van der Waals surface area contributed by atoms with Gasteiger partial charge >= 0.3 is 0 Å². The molecule has 1 aliphatic rings. The summed E-state index contributed by atoms with van der Waals surface area (Å²) in [6.45, 7) is 1.04. The first-order valence-corrected chi connectivity index (χ1v) is 7.00. The maximum Gasteiger partial charge on any atom is 0.0434 e. The van der Waals surface area contributed by atoms with Crippen molar-refractivity contribution in [1.29, 1.82) is 0 Å². The van der Waals surface area contributed by atoms with Crippen LogP contribution in [-0.2, 0) is 6.42 Å². The molecule has 2 rings (SSSR count). The Morgan fingerprint density at radius 1 is 1.33 bits per heavy atom. The zero-order valence-electron chi connectivity index (χ0n) is 10.9.